The molecule has 0 radical (unpaired) electrons. The fourth-order valence-electron chi connectivity index (χ4n) is 5.10. The van der Waals surface area contributed by atoms with E-state index in [0.29, 0.717) is 25.9 Å². The standard InChI is InChI=1S/C32H50N2O6/c1-21(2)13-9-15-23(5)17-11-19-33(7)29(35)25-27(31(37)38)26(28(25)32(39)40)30(36)34(8)20-12-18-24(6)16-10-14-22(3)4/h13-14,17-18,25-28H,9-12,15-16,19-20H2,1-8H3,(H,37,38)(H,39,40)/t25-,26-,27-,28-. The van der Waals surface area contributed by atoms with Crippen LogP contribution in [0.15, 0.2) is 46.6 Å². The number of hydrogen-bond donors (Lipinski definition) is 2. The minimum absolute atomic E-state index is 0.339. The Labute approximate surface area is 240 Å². The Bertz CT molecular complexity index is 940. The maximum absolute atomic E-state index is 13.2. The molecule has 1 aliphatic carbocycles. The molecule has 0 heterocycles. The minimum atomic E-state index is -1.37. The van der Waals surface area contributed by atoms with Gasteiger partial charge in [0.1, 0.15) is 0 Å². The van der Waals surface area contributed by atoms with E-state index < -0.39 is 47.4 Å². The molecule has 1 aliphatic rings. The van der Waals surface area contributed by atoms with Crippen molar-refractivity contribution in [3.8, 4) is 0 Å². The first-order valence-corrected chi connectivity index (χ1v) is 14.2. The molecule has 1 rings (SSSR count). The van der Waals surface area contributed by atoms with E-state index in [-0.39, 0.29) is 0 Å². The average Bonchev–Trinajstić information content (AvgIpc) is 2.81. The van der Waals surface area contributed by atoms with Crippen molar-refractivity contribution in [1.29, 1.82) is 0 Å². The Morgan fingerprint density at radius 2 is 0.875 bits per heavy atom. The zero-order chi connectivity index (χ0) is 30.6. The first-order valence-electron chi connectivity index (χ1n) is 14.2. The Morgan fingerprint density at radius 3 is 1.15 bits per heavy atom. The molecule has 0 bridgehead atoms. The smallest absolute Gasteiger partial charge is 0.308 e. The topological polar surface area (TPSA) is 115 Å². The molecule has 0 spiro atoms. The number of carboxylic acids is 2. The number of aliphatic carboxylic acids is 2. The van der Waals surface area contributed by atoms with Gasteiger partial charge in [-0.15, -0.1) is 0 Å². The van der Waals surface area contributed by atoms with Gasteiger partial charge in [-0.2, -0.15) is 0 Å². The highest BCUT2D eigenvalue weighted by Gasteiger charge is 2.64. The summed E-state index contributed by atoms with van der Waals surface area (Å²) in [5, 5.41) is 19.8. The number of carbonyl (C=O) groups is 4. The molecule has 0 aliphatic heterocycles. The van der Waals surface area contributed by atoms with Gasteiger partial charge in [-0.25, -0.2) is 0 Å². The summed E-state index contributed by atoms with van der Waals surface area (Å²) in [6.07, 6.45) is 13.3. The van der Waals surface area contributed by atoms with Crippen LogP contribution in [0.5, 0.6) is 0 Å². The molecule has 0 aromatic rings. The van der Waals surface area contributed by atoms with Crippen LogP contribution in [-0.2, 0) is 19.2 Å². The first kappa shape index (κ1) is 34.9. The van der Waals surface area contributed by atoms with Crippen molar-refractivity contribution in [2.45, 2.75) is 80.1 Å². The van der Waals surface area contributed by atoms with Gasteiger partial charge < -0.3 is 20.0 Å². The molecule has 40 heavy (non-hydrogen) atoms. The van der Waals surface area contributed by atoms with Gasteiger partial charge in [-0.05, 0) is 80.1 Å². The lowest BCUT2D eigenvalue weighted by atomic mass is 9.55. The van der Waals surface area contributed by atoms with Crippen LogP contribution in [0.1, 0.15) is 80.1 Å². The van der Waals surface area contributed by atoms with Gasteiger partial charge in [-0.3, -0.25) is 19.2 Å². The van der Waals surface area contributed by atoms with Crippen LogP contribution in [0, 0.1) is 23.7 Å². The third kappa shape index (κ3) is 10.8. The molecule has 2 amide bonds. The van der Waals surface area contributed by atoms with Gasteiger partial charge >= 0.3 is 11.9 Å². The molecule has 0 aromatic carbocycles. The van der Waals surface area contributed by atoms with Gasteiger partial charge in [0.15, 0.2) is 0 Å². The number of nitrogens with zero attached hydrogens (tertiary/aromatic N) is 2. The van der Waals surface area contributed by atoms with Gasteiger partial charge in [0.05, 0.1) is 23.7 Å². The van der Waals surface area contributed by atoms with Crippen molar-refractivity contribution in [3.05, 3.63) is 46.6 Å². The summed E-state index contributed by atoms with van der Waals surface area (Å²) in [5.74, 6) is -9.01. The van der Waals surface area contributed by atoms with Gasteiger partial charge in [-0.1, -0.05) is 46.6 Å². The minimum Gasteiger partial charge on any atom is -0.481 e. The van der Waals surface area contributed by atoms with E-state index in [4.69, 9.17) is 0 Å². The van der Waals surface area contributed by atoms with E-state index in [1.54, 1.807) is 14.1 Å². The fraction of sp³-hybridized carbons (Fsp3) is 0.625. The molecule has 0 aromatic heterocycles. The highest BCUT2D eigenvalue weighted by Crippen LogP contribution is 2.48. The second kappa shape index (κ2) is 16.8. The second-order valence-electron chi connectivity index (χ2n) is 11.6. The van der Waals surface area contributed by atoms with Crippen LogP contribution >= 0.6 is 0 Å². The van der Waals surface area contributed by atoms with Crippen molar-refractivity contribution < 1.29 is 29.4 Å². The van der Waals surface area contributed by atoms with Crippen molar-refractivity contribution >= 4 is 23.8 Å². The molecule has 0 atom stereocenters. The van der Waals surface area contributed by atoms with Crippen LogP contribution in [0.25, 0.3) is 0 Å². The molecule has 1 fully saturated rings. The summed E-state index contributed by atoms with van der Waals surface area (Å²) >= 11 is 0. The summed E-state index contributed by atoms with van der Waals surface area (Å²) in [5.41, 5.74) is 4.92. The number of rotatable bonds is 16. The Kier molecular flexibility index (Phi) is 14.7. The molecule has 224 valence electrons. The zero-order valence-corrected chi connectivity index (χ0v) is 25.7. The number of allylic oxidation sites excluding steroid dienone is 6. The third-order valence-corrected chi connectivity index (χ3v) is 7.54. The Morgan fingerprint density at radius 1 is 0.550 bits per heavy atom. The monoisotopic (exact) mass is 558 g/mol. The maximum atomic E-state index is 13.2. The molecule has 8 heteroatoms. The van der Waals surface area contributed by atoms with Gasteiger partial charge in [0.25, 0.3) is 0 Å². The summed E-state index contributed by atoms with van der Waals surface area (Å²) in [6.45, 7) is 13.0. The normalized spacial score (nSPS) is 20.7. The van der Waals surface area contributed by atoms with Crippen LogP contribution in [0.3, 0.4) is 0 Å². The second-order valence-corrected chi connectivity index (χ2v) is 11.6. The first-order chi connectivity index (χ1) is 18.7. The van der Waals surface area contributed by atoms with Crippen LogP contribution in [0.4, 0.5) is 0 Å². The highest BCUT2D eigenvalue weighted by molar-refractivity contribution is 5.99. The summed E-state index contributed by atoms with van der Waals surface area (Å²) in [4.78, 5) is 53.6. The lowest BCUT2D eigenvalue weighted by Crippen LogP contribution is -2.63. The van der Waals surface area contributed by atoms with Crippen molar-refractivity contribution in [2.75, 3.05) is 27.2 Å². The van der Waals surface area contributed by atoms with E-state index in [0.717, 1.165) is 25.7 Å². The number of hydrogen-bond acceptors (Lipinski definition) is 4. The lowest BCUT2D eigenvalue weighted by Gasteiger charge is -2.47. The zero-order valence-electron chi connectivity index (χ0n) is 25.7. The van der Waals surface area contributed by atoms with Crippen LogP contribution in [0.2, 0.25) is 0 Å². The van der Waals surface area contributed by atoms with Gasteiger partial charge in [0, 0.05) is 27.2 Å². The lowest BCUT2D eigenvalue weighted by molar-refractivity contribution is -0.186. The Balaban J connectivity index is 2.85. The highest BCUT2D eigenvalue weighted by atomic mass is 16.4. The van der Waals surface area contributed by atoms with E-state index >= 15 is 0 Å². The number of carbonyl (C=O) groups excluding carboxylic acids is 2. The van der Waals surface area contributed by atoms with E-state index in [1.165, 1.54) is 32.1 Å². The summed E-state index contributed by atoms with van der Waals surface area (Å²) in [7, 11) is 3.11. The SMILES string of the molecule is CC(C)=CCCC(C)=CCCN(C)C(=O)[C@H]1[C@H](C(=O)O)[C@H](C(=O)N(C)CCC=C(C)CCC=C(C)C)[C@H]1C(=O)O. The third-order valence-electron chi connectivity index (χ3n) is 7.54. The molecule has 2 N–H and O–H groups in total. The van der Waals surface area contributed by atoms with Crippen molar-refractivity contribution in [3.63, 3.8) is 0 Å². The summed E-state index contributed by atoms with van der Waals surface area (Å²) < 4.78 is 0. The average molecular weight is 559 g/mol. The number of carboxylic acid groups (broad SMARTS) is 2. The van der Waals surface area contributed by atoms with E-state index in [1.807, 2.05) is 26.0 Å². The predicted octanol–water partition coefficient (Wildman–Crippen LogP) is 5.72. The molecule has 0 unspecified atom stereocenters. The maximum Gasteiger partial charge on any atom is 0.308 e. The molecular formula is C32H50N2O6. The van der Waals surface area contributed by atoms with Gasteiger partial charge in [0.2, 0.25) is 11.8 Å². The molecule has 8 nitrogen and oxygen atoms in total. The molecule has 1 saturated carbocycles. The Hall–Kier alpha value is -3.16. The van der Waals surface area contributed by atoms with E-state index in [9.17, 15) is 29.4 Å². The molecule has 0 saturated heterocycles. The predicted molar refractivity (Wildman–Crippen MR) is 159 cm³/mol. The summed E-state index contributed by atoms with van der Waals surface area (Å²) in [6, 6.07) is 0. The largest absolute Gasteiger partial charge is 0.481 e. The molecular weight excluding hydrogens is 508 g/mol. The van der Waals surface area contributed by atoms with Crippen LogP contribution in [-0.4, -0.2) is 71.0 Å². The number of amides is 2. The van der Waals surface area contributed by atoms with Crippen molar-refractivity contribution in [1.82, 2.24) is 9.80 Å². The fourth-order valence-corrected chi connectivity index (χ4v) is 5.10. The van der Waals surface area contributed by atoms with Crippen LogP contribution < -0.4 is 0 Å². The quantitative estimate of drug-likeness (QED) is 0.234. The van der Waals surface area contributed by atoms with Crippen molar-refractivity contribution in [2.24, 2.45) is 23.7 Å². The van der Waals surface area contributed by atoms with E-state index in [2.05, 4.69) is 39.8 Å².